The first-order chi connectivity index (χ1) is 14.5. The first kappa shape index (κ1) is 21.0. The van der Waals surface area contributed by atoms with Gasteiger partial charge in [-0.25, -0.2) is 4.68 Å². The molecule has 0 spiro atoms. The number of aromatic nitrogens is 1. The monoisotopic (exact) mass is 427 g/mol. The molecule has 1 aromatic heterocycles. The quantitative estimate of drug-likeness (QED) is 0.304. The van der Waals surface area contributed by atoms with Gasteiger partial charge < -0.3 is 24.8 Å². The second-order valence-corrected chi connectivity index (χ2v) is 6.86. The van der Waals surface area contributed by atoms with E-state index in [1.807, 2.05) is 11.4 Å². The van der Waals surface area contributed by atoms with Gasteiger partial charge in [-0.15, -0.1) is 17.9 Å². The highest BCUT2D eigenvalue weighted by Crippen LogP contribution is 2.36. The van der Waals surface area contributed by atoms with Crippen molar-refractivity contribution < 1.29 is 24.8 Å². The van der Waals surface area contributed by atoms with Gasteiger partial charge in [0.2, 0.25) is 10.6 Å². The zero-order valence-electron chi connectivity index (χ0n) is 16.4. The van der Waals surface area contributed by atoms with E-state index in [-0.39, 0.29) is 5.56 Å². The molecule has 9 heteroatoms. The molecule has 0 atom stereocenters. The lowest BCUT2D eigenvalue weighted by molar-refractivity contribution is 0.367. The highest BCUT2D eigenvalue weighted by atomic mass is 32.1. The van der Waals surface area contributed by atoms with Crippen molar-refractivity contribution in [3.8, 4) is 40.0 Å². The number of nitrogens with zero attached hydrogens (tertiary/aromatic N) is 3. The normalized spacial score (nSPS) is 11.7. The van der Waals surface area contributed by atoms with E-state index in [0.717, 1.165) is 5.56 Å². The van der Waals surface area contributed by atoms with E-state index in [1.54, 1.807) is 37.1 Å². The lowest BCUT2D eigenvalue weighted by atomic mass is 10.1. The number of phenols is 3. The van der Waals surface area contributed by atoms with Gasteiger partial charge >= 0.3 is 0 Å². The number of hydrogen-bond acceptors (Lipinski definition) is 8. The van der Waals surface area contributed by atoms with Crippen molar-refractivity contribution in [3.63, 3.8) is 0 Å². The summed E-state index contributed by atoms with van der Waals surface area (Å²) in [4.78, 5) is 5.05. The Balaban J connectivity index is 2.18. The predicted molar refractivity (Wildman–Crippen MR) is 116 cm³/mol. The number of phenolic OH excluding ortho intramolecular Hbond substituents is 3. The Morgan fingerprint density at radius 2 is 1.90 bits per heavy atom. The Morgan fingerprint density at radius 3 is 2.60 bits per heavy atom. The zero-order chi connectivity index (χ0) is 21.7. The van der Waals surface area contributed by atoms with Crippen molar-refractivity contribution in [2.24, 2.45) is 10.1 Å². The molecule has 0 fully saturated rings. The highest BCUT2D eigenvalue weighted by Gasteiger charge is 2.15. The van der Waals surface area contributed by atoms with E-state index in [0.29, 0.717) is 28.5 Å². The van der Waals surface area contributed by atoms with Gasteiger partial charge in [0, 0.05) is 16.5 Å². The van der Waals surface area contributed by atoms with E-state index in [1.165, 1.54) is 29.7 Å². The molecule has 0 amide bonds. The molecule has 156 valence electrons. The summed E-state index contributed by atoms with van der Waals surface area (Å²) in [5.41, 5.74) is 1.66. The first-order valence-corrected chi connectivity index (χ1v) is 9.70. The predicted octanol–water partition coefficient (Wildman–Crippen LogP) is 3.32. The largest absolute Gasteiger partial charge is 0.504 e. The third-order valence-electron chi connectivity index (χ3n) is 4.20. The summed E-state index contributed by atoms with van der Waals surface area (Å²) < 4.78 is 12.4. The first-order valence-electron chi connectivity index (χ1n) is 8.82. The lowest BCUT2D eigenvalue weighted by Crippen LogP contribution is -2.12. The molecule has 0 bridgehead atoms. The summed E-state index contributed by atoms with van der Waals surface area (Å²) in [6.07, 6.45) is 3.04. The van der Waals surface area contributed by atoms with Gasteiger partial charge in [0.25, 0.3) is 0 Å². The van der Waals surface area contributed by atoms with Crippen LogP contribution in [0.15, 0.2) is 58.5 Å². The summed E-state index contributed by atoms with van der Waals surface area (Å²) in [6, 6.07) is 8.12. The molecule has 0 radical (unpaired) electrons. The molecule has 1 heterocycles. The summed E-state index contributed by atoms with van der Waals surface area (Å²) >= 11 is 1.38. The van der Waals surface area contributed by atoms with Crippen molar-refractivity contribution in [1.82, 2.24) is 4.68 Å². The van der Waals surface area contributed by atoms with Crippen LogP contribution >= 0.6 is 11.3 Å². The third-order valence-corrected chi connectivity index (χ3v) is 5.05. The Labute approximate surface area is 176 Å². The highest BCUT2D eigenvalue weighted by molar-refractivity contribution is 7.07. The topological polar surface area (TPSA) is 109 Å². The molecule has 0 unspecified atom stereocenters. The van der Waals surface area contributed by atoms with Gasteiger partial charge in [-0.05, 0) is 30.3 Å². The number of methoxy groups -OCH3 is 2. The molecular formula is C21H21N3O5S. The molecule has 3 aromatic rings. The van der Waals surface area contributed by atoms with Crippen molar-refractivity contribution in [2.75, 3.05) is 20.8 Å². The van der Waals surface area contributed by atoms with Gasteiger partial charge in [-0.3, -0.25) is 4.99 Å². The van der Waals surface area contributed by atoms with E-state index in [9.17, 15) is 15.3 Å². The van der Waals surface area contributed by atoms with Crippen LogP contribution in [0.2, 0.25) is 0 Å². The minimum atomic E-state index is -0.611. The van der Waals surface area contributed by atoms with Crippen LogP contribution in [-0.4, -0.2) is 47.0 Å². The Hall–Kier alpha value is -3.72. The smallest absolute Gasteiger partial charge is 0.206 e. The van der Waals surface area contributed by atoms with Crippen LogP contribution in [0.25, 0.3) is 11.3 Å². The molecular weight excluding hydrogens is 406 g/mol. The number of ether oxygens (including phenoxy) is 2. The van der Waals surface area contributed by atoms with Crippen LogP contribution < -0.4 is 14.3 Å². The van der Waals surface area contributed by atoms with Gasteiger partial charge in [0.1, 0.15) is 11.5 Å². The summed E-state index contributed by atoms with van der Waals surface area (Å²) in [7, 11) is 3.15. The Bertz CT molecular complexity index is 1160. The number of rotatable bonds is 7. The minimum Gasteiger partial charge on any atom is -0.504 e. The summed E-state index contributed by atoms with van der Waals surface area (Å²) in [6.45, 7) is 4.08. The number of aromatic hydroxyl groups is 3. The van der Waals surface area contributed by atoms with Crippen molar-refractivity contribution in [2.45, 2.75) is 0 Å². The van der Waals surface area contributed by atoms with Crippen LogP contribution in [0.1, 0.15) is 5.56 Å². The Morgan fingerprint density at radius 1 is 1.10 bits per heavy atom. The van der Waals surface area contributed by atoms with Gasteiger partial charge in [0.05, 0.1) is 32.7 Å². The molecule has 8 nitrogen and oxygen atoms in total. The molecule has 0 saturated heterocycles. The molecule has 0 saturated carbocycles. The fourth-order valence-corrected chi connectivity index (χ4v) is 3.51. The van der Waals surface area contributed by atoms with E-state index in [4.69, 9.17) is 9.47 Å². The third kappa shape index (κ3) is 4.15. The second-order valence-electron chi connectivity index (χ2n) is 6.03. The van der Waals surface area contributed by atoms with Crippen LogP contribution in [0.3, 0.4) is 0 Å². The molecule has 0 aliphatic rings. The lowest BCUT2D eigenvalue weighted by Gasteiger charge is -2.11. The number of hydrogen-bond donors (Lipinski definition) is 3. The maximum Gasteiger partial charge on any atom is 0.206 e. The van der Waals surface area contributed by atoms with E-state index >= 15 is 0 Å². The molecule has 30 heavy (non-hydrogen) atoms. The number of benzene rings is 2. The standard InChI is InChI=1S/C21H21N3O5S/c1-4-9-22-21-24(23-11-13-5-7-17(25)20(27)19(13)26)16(12-30-21)15-10-14(28-2)6-8-18(15)29-3/h4-8,10-12,25-27H,1,9H2,2-3H3. The fraction of sp³-hybridized carbons (Fsp3) is 0.143. The molecule has 3 rings (SSSR count). The average Bonchev–Trinajstić information content (AvgIpc) is 3.17. The van der Waals surface area contributed by atoms with E-state index < -0.39 is 17.2 Å². The second kappa shape index (κ2) is 9.19. The van der Waals surface area contributed by atoms with Crippen molar-refractivity contribution in [1.29, 1.82) is 0 Å². The van der Waals surface area contributed by atoms with E-state index in [2.05, 4.69) is 16.7 Å². The maximum absolute atomic E-state index is 10.1. The van der Waals surface area contributed by atoms with Crippen molar-refractivity contribution in [3.05, 3.63) is 58.7 Å². The van der Waals surface area contributed by atoms with Gasteiger partial charge in [-0.1, -0.05) is 6.08 Å². The van der Waals surface area contributed by atoms with Crippen LogP contribution in [0, 0.1) is 0 Å². The average molecular weight is 427 g/mol. The molecule has 3 N–H and O–H groups in total. The summed E-state index contributed by atoms with van der Waals surface area (Å²) in [5.74, 6) is -0.229. The zero-order valence-corrected chi connectivity index (χ0v) is 17.3. The maximum atomic E-state index is 10.1. The number of thiazole rings is 1. The van der Waals surface area contributed by atoms with Gasteiger partial charge in [-0.2, -0.15) is 5.10 Å². The summed E-state index contributed by atoms with van der Waals surface area (Å²) in [5, 5.41) is 35.7. The molecule has 0 aliphatic carbocycles. The Kier molecular flexibility index (Phi) is 6.43. The molecule has 0 aliphatic heterocycles. The van der Waals surface area contributed by atoms with Gasteiger partial charge in [0.15, 0.2) is 11.5 Å². The fourth-order valence-electron chi connectivity index (χ4n) is 2.67. The van der Waals surface area contributed by atoms with Crippen LogP contribution in [0.5, 0.6) is 28.7 Å². The van der Waals surface area contributed by atoms with Crippen molar-refractivity contribution >= 4 is 17.6 Å². The minimum absolute atomic E-state index is 0.224. The SMILES string of the molecule is C=CCN=c1scc(-c2cc(OC)ccc2OC)n1N=Cc1ccc(O)c(O)c1O. The van der Waals surface area contributed by atoms with Crippen LogP contribution in [0.4, 0.5) is 0 Å². The molecule has 2 aromatic carbocycles. The van der Waals surface area contributed by atoms with Crippen LogP contribution in [-0.2, 0) is 0 Å².